The lowest BCUT2D eigenvalue weighted by Crippen LogP contribution is -2.24. The van der Waals surface area contributed by atoms with E-state index in [9.17, 15) is 9.59 Å². The highest BCUT2D eigenvalue weighted by Crippen LogP contribution is 2.25. The van der Waals surface area contributed by atoms with Crippen LogP contribution in [0.3, 0.4) is 0 Å². The molecule has 0 aliphatic heterocycles. The van der Waals surface area contributed by atoms with Gasteiger partial charge in [-0.1, -0.05) is 41.9 Å². The van der Waals surface area contributed by atoms with Gasteiger partial charge in [-0.3, -0.25) is 4.79 Å². The summed E-state index contributed by atoms with van der Waals surface area (Å²) in [6.45, 7) is 3.82. The molecule has 0 radical (unpaired) electrons. The second-order valence-electron chi connectivity index (χ2n) is 6.41. The van der Waals surface area contributed by atoms with Gasteiger partial charge in [0.25, 0.3) is 5.91 Å². The number of benzene rings is 2. The van der Waals surface area contributed by atoms with Gasteiger partial charge < -0.3 is 9.72 Å². The van der Waals surface area contributed by atoms with E-state index < -0.39 is 11.6 Å². The van der Waals surface area contributed by atoms with Gasteiger partial charge in [-0.05, 0) is 43.7 Å². The summed E-state index contributed by atoms with van der Waals surface area (Å²) in [4.78, 5) is 30.5. The van der Waals surface area contributed by atoms with E-state index in [1.165, 1.54) is 12.3 Å². The maximum Gasteiger partial charge on any atom is 0.346 e. The number of hydrazone groups is 1. The number of hydrogen-bond acceptors (Lipinski definition) is 5. The van der Waals surface area contributed by atoms with Crippen molar-refractivity contribution in [3.63, 3.8) is 0 Å². The monoisotopic (exact) mass is 410 g/mol. The van der Waals surface area contributed by atoms with E-state index in [0.29, 0.717) is 22.0 Å². The van der Waals surface area contributed by atoms with Crippen LogP contribution in [0.25, 0.3) is 11.3 Å². The minimum absolute atomic E-state index is 0.00889. The fraction of sp³-hybridized carbons (Fsp3) is 0.143. The van der Waals surface area contributed by atoms with Crippen LogP contribution in [-0.4, -0.2) is 28.2 Å². The summed E-state index contributed by atoms with van der Waals surface area (Å²) < 4.78 is 5.57. The zero-order valence-corrected chi connectivity index (χ0v) is 16.6. The van der Waals surface area contributed by atoms with Crippen molar-refractivity contribution in [1.82, 2.24) is 15.4 Å². The van der Waals surface area contributed by atoms with Gasteiger partial charge in [0, 0.05) is 5.56 Å². The maximum atomic E-state index is 12.3. The van der Waals surface area contributed by atoms with E-state index >= 15 is 0 Å². The van der Waals surface area contributed by atoms with Crippen molar-refractivity contribution >= 4 is 23.7 Å². The summed E-state index contributed by atoms with van der Waals surface area (Å²) in [5, 5.41) is 4.36. The third kappa shape index (κ3) is 5.52. The molecule has 148 valence electrons. The van der Waals surface area contributed by atoms with Gasteiger partial charge >= 0.3 is 5.69 Å². The zero-order chi connectivity index (χ0) is 20.8. The number of H-pyrrole nitrogens is 1. The number of amides is 1. The van der Waals surface area contributed by atoms with E-state index in [2.05, 4.69) is 20.5 Å². The average Bonchev–Trinajstić information content (AvgIpc) is 2.70. The number of aromatic nitrogens is 2. The molecular weight excluding hydrogens is 392 g/mol. The molecule has 0 saturated heterocycles. The molecule has 0 aliphatic rings. The molecule has 2 N–H and O–H groups in total. The van der Waals surface area contributed by atoms with Crippen molar-refractivity contribution in [2.45, 2.75) is 20.0 Å². The van der Waals surface area contributed by atoms with E-state index in [-0.39, 0.29) is 11.8 Å². The Bertz CT molecular complexity index is 1090. The minimum Gasteiger partial charge on any atom is -0.489 e. The number of rotatable bonds is 6. The summed E-state index contributed by atoms with van der Waals surface area (Å²) in [6.07, 6.45) is 1.45. The molecule has 0 unspecified atom stereocenters. The molecule has 3 aromatic rings. The van der Waals surface area contributed by atoms with Gasteiger partial charge in [0.15, 0.2) is 0 Å². The van der Waals surface area contributed by atoms with E-state index in [4.69, 9.17) is 16.3 Å². The Labute approximate surface area is 172 Å². The third-order valence-electron chi connectivity index (χ3n) is 3.76. The van der Waals surface area contributed by atoms with Gasteiger partial charge in [0.2, 0.25) is 0 Å². The molecule has 0 aliphatic carbocycles. The van der Waals surface area contributed by atoms with Crippen LogP contribution in [0.15, 0.2) is 64.5 Å². The highest BCUT2D eigenvalue weighted by atomic mass is 35.5. The quantitative estimate of drug-likeness (QED) is 0.479. The SMILES string of the molecule is CC(C)Oc1ccc(/C=N/NC(=O)c2cc(-c3ccccc3)nc(=O)[nH]2)cc1Cl. The fourth-order valence-electron chi connectivity index (χ4n) is 2.51. The number of ether oxygens (including phenoxy) is 1. The van der Waals surface area contributed by atoms with Crippen LogP contribution in [0.4, 0.5) is 0 Å². The van der Waals surface area contributed by atoms with Gasteiger partial charge in [0.05, 0.1) is 23.0 Å². The normalized spacial score (nSPS) is 11.0. The number of aromatic amines is 1. The Kier molecular flexibility index (Phi) is 6.41. The lowest BCUT2D eigenvalue weighted by molar-refractivity contribution is 0.0949. The van der Waals surface area contributed by atoms with Crippen LogP contribution in [0.2, 0.25) is 5.02 Å². The van der Waals surface area contributed by atoms with Gasteiger partial charge in [-0.2, -0.15) is 10.1 Å². The molecule has 7 nitrogen and oxygen atoms in total. The van der Waals surface area contributed by atoms with Crippen molar-refractivity contribution in [3.8, 4) is 17.0 Å². The molecule has 1 aromatic heterocycles. The fourth-order valence-corrected chi connectivity index (χ4v) is 2.74. The van der Waals surface area contributed by atoms with Gasteiger partial charge in [-0.25, -0.2) is 10.2 Å². The Morgan fingerprint density at radius 3 is 2.66 bits per heavy atom. The van der Waals surface area contributed by atoms with Crippen LogP contribution in [0.5, 0.6) is 5.75 Å². The molecule has 0 atom stereocenters. The second kappa shape index (κ2) is 9.16. The smallest absolute Gasteiger partial charge is 0.346 e. The van der Waals surface area contributed by atoms with Crippen molar-refractivity contribution in [2.75, 3.05) is 0 Å². The van der Waals surface area contributed by atoms with E-state index in [1.54, 1.807) is 30.3 Å². The van der Waals surface area contributed by atoms with Crippen LogP contribution in [0, 0.1) is 0 Å². The predicted molar refractivity (Wildman–Crippen MR) is 113 cm³/mol. The Balaban J connectivity index is 1.72. The van der Waals surface area contributed by atoms with Gasteiger partial charge in [-0.15, -0.1) is 0 Å². The molecule has 1 heterocycles. The first kappa shape index (κ1) is 20.3. The largest absolute Gasteiger partial charge is 0.489 e. The third-order valence-corrected chi connectivity index (χ3v) is 4.05. The topological polar surface area (TPSA) is 96.4 Å². The Morgan fingerprint density at radius 2 is 1.97 bits per heavy atom. The van der Waals surface area contributed by atoms with Crippen LogP contribution in [-0.2, 0) is 0 Å². The Morgan fingerprint density at radius 1 is 1.21 bits per heavy atom. The van der Waals surface area contributed by atoms with Crippen molar-refractivity contribution in [2.24, 2.45) is 5.10 Å². The van der Waals surface area contributed by atoms with Gasteiger partial charge in [0.1, 0.15) is 11.4 Å². The first-order valence-corrected chi connectivity index (χ1v) is 9.26. The van der Waals surface area contributed by atoms with Crippen molar-refractivity contribution in [3.05, 3.63) is 81.4 Å². The molecule has 8 heteroatoms. The molecule has 29 heavy (non-hydrogen) atoms. The maximum absolute atomic E-state index is 12.3. The lowest BCUT2D eigenvalue weighted by Gasteiger charge is -2.11. The summed E-state index contributed by atoms with van der Waals surface area (Å²) in [6, 6.07) is 15.8. The molecule has 2 aromatic carbocycles. The molecule has 1 amide bonds. The first-order chi connectivity index (χ1) is 13.9. The number of halogens is 1. The first-order valence-electron chi connectivity index (χ1n) is 8.89. The van der Waals surface area contributed by atoms with E-state index in [1.807, 2.05) is 32.0 Å². The number of nitrogens with zero attached hydrogens (tertiary/aromatic N) is 2. The van der Waals surface area contributed by atoms with Crippen LogP contribution < -0.4 is 15.9 Å². The summed E-state index contributed by atoms with van der Waals surface area (Å²) in [7, 11) is 0. The highest BCUT2D eigenvalue weighted by molar-refractivity contribution is 6.32. The highest BCUT2D eigenvalue weighted by Gasteiger charge is 2.10. The summed E-state index contributed by atoms with van der Waals surface area (Å²) in [5.74, 6) is 0.00874. The summed E-state index contributed by atoms with van der Waals surface area (Å²) in [5.41, 5.74) is 3.63. The second-order valence-corrected chi connectivity index (χ2v) is 6.81. The number of carbonyl (C=O) groups is 1. The molecule has 0 spiro atoms. The average molecular weight is 411 g/mol. The molecule has 0 saturated carbocycles. The van der Waals surface area contributed by atoms with Crippen molar-refractivity contribution in [1.29, 1.82) is 0 Å². The minimum atomic E-state index is -0.618. The van der Waals surface area contributed by atoms with Crippen LogP contribution in [0.1, 0.15) is 29.9 Å². The lowest BCUT2D eigenvalue weighted by atomic mass is 10.1. The zero-order valence-electron chi connectivity index (χ0n) is 15.8. The molecule has 0 fully saturated rings. The Hall–Kier alpha value is -3.45. The molecular formula is C21H19ClN4O3. The molecule has 3 rings (SSSR count). The number of carbonyl (C=O) groups excluding carboxylic acids is 1. The standard InChI is InChI=1S/C21H19ClN4O3/c1-13(2)29-19-9-8-14(10-16(19)22)12-23-26-20(27)18-11-17(24-21(28)25-18)15-6-4-3-5-7-15/h3-13H,1-2H3,(H,26,27)(H,24,25,28)/b23-12+. The number of nitrogens with one attached hydrogen (secondary N) is 2. The van der Waals surface area contributed by atoms with Crippen molar-refractivity contribution < 1.29 is 9.53 Å². The number of hydrogen-bond donors (Lipinski definition) is 2. The van der Waals surface area contributed by atoms with Crippen LogP contribution >= 0.6 is 11.6 Å². The van der Waals surface area contributed by atoms with E-state index in [0.717, 1.165) is 5.56 Å². The summed E-state index contributed by atoms with van der Waals surface area (Å²) >= 11 is 6.18. The predicted octanol–water partition coefficient (Wildman–Crippen LogP) is 3.64. The molecule has 0 bridgehead atoms.